The van der Waals surface area contributed by atoms with E-state index in [1.807, 2.05) is 37.3 Å². The third-order valence-electron chi connectivity index (χ3n) is 9.33. The van der Waals surface area contributed by atoms with Crippen LogP contribution in [0.3, 0.4) is 0 Å². The highest BCUT2D eigenvalue weighted by Crippen LogP contribution is 2.65. The number of ether oxygens (including phenoxy) is 3. The minimum atomic E-state index is -1.27. The van der Waals surface area contributed by atoms with E-state index in [0.29, 0.717) is 37.1 Å². The van der Waals surface area contributed by atoms with Gasteiger partial charge in [0.1, 0.15) is 29.9 Å². The van der Waals surface area contributed by atoms with Crippen molar-refractivity contribution in [3.05, 3.63) is 85.5 Å². The fraction of sp³-hybridized carbons (Fsp3) is 0.441. The number of nitrogens with zero attached hydrogens (tertiary/aromatic N) is 2. The number of esters is 1. The van der Waals surface area contributed by atoms with Crippen molar-refractivity contribution in [3.8, 4) is 5.75 Å². The Morgan fingerprint density at radius 2 is 1.86 bits per heavy atom. The molecule has 2 aromatic carbocycles. The van der Waals surface area contributed by atoms with Crippen LogP contribution in [0.1, 0.15) is 31.7 Å². The van der Waals surface area contributed by atoms with E-state index in [1.165, 1.54) is 11.0 Å². The van der Waals surface area contributed by atoms with Crippen molar-refractivity contribution in [2.75, 3.05) is 31.8 Å². The second kappa shape index (κ2) is 12.3. The van der Waals surface area contributed by atoms with Crippen molar-refractivity contribution in [2.24, 2.45) is 11.8 Å². The first kappa shape index (κ1) is 30.5. The quantitative estimate of drug-likeness (QED) is 0.281. The lowest BCUT2D eigenvalue weighted by Crippen LogP contribution is -2.59. The molecular formula is C34H40N2O7. The summed E-state index contributed by atoms with van der Waals surface area (Å²) in [5, 5.41) is 10.7. The van der Waals surface area contributed by atoms with Gasteiger partial charge in [0, 0.05) is 12.2 Å². The highest BCUT2D eigenvalue weighted by atomic mass is 16.6. The van der Waals surface area contributed by atoms with E-state index < -0.39 is 41.1 Å². The summed E-state index contributed by atoms with van der Waals surface area (Å²) in [7, 11) is 1.57. The second-order valence-electron chi connectivity index (χ2n) is 11.5. The van der Waals surface area contributed by atoms with Gasteiger partial charge in [0.2, 0.25) is 5.91 Å². The van der Waals surface area contributed by atoms with E-state index in [9.17, 15) is 19.5 Å². The van der Waals surface area contributed by atoms with Crippen molar-refractivity contribution in [2.45, 2.75) is 55.9 Å². The lowest BCUT2D eigenvalue weighted by molar-refractivity contribution is -0.161. The van der Waals surface area contributed by atoms with E-state index in [4.69, 9.17) is 14.2 Å². The molecule has 9 nitrogen and oxygen atoms in total. The van der Waals surface area contributed by atoms with Crippen molar-refractivity contribution in [3.63, 3.8) is 0 Å². The lowest BCUT2D eigenvalue weighted by Gasteiger charge is -2.39. The molecule has 0 saturated carbocycles. The molecule has 3 aliphatic heterocycles. The topological polar surface area (TPSA) is 106 Å². The molecule has 3 saturated heterocycles. The summed E-state index contributed by atoms with van der Waals surface area (Å²) in [5.74, 6) is -2.45. The van der Waals surface area contributed by atoms with E-state index in [-0.39, 0.29) is 31.6 Å². The molecular weight excluding hydrogens is 548 g/mol. The molecule has 228 valence electrons. The Morgan fingerprint density at radius 1 is 1.14 bits per heavy atom. The summed E-state index contributed by atoms with van der Waals surface area (Å²) in [6.45, 7) is 9.26. The zero-order valence-corrected chi connectivity index (χ0v) is 24.8. The average molecular weight is 589 g/mol. The maximum Gasteiger partial charge on any atom is 0.313 e. The van der Waals surface area contributed by atoms with Crippen LogP contribution in [-0.2, 0) is 30.3 Å². The van der Waals surface area contributed by atoms with Crippen LogP contribution in [0.5, 0.6) is 5.75 Å². The molecule has 6 atom stereocenters. The van der Waals surface area contributed by atoms with Crippen LogP contribution < -0.4 is 9.64 Å². The van der Waals surface area contributed by atoms with Crippen molar-refractivity contribution >= 4 is 23.5 Å². The monoisotopic (exact) mass is 588 g/mol. The van der Waals surface area contributed by atoms with Crippen LogP contribution >= 0.6 is 0 Å². The SMILES string of the molecule is C=CCOC(=O)[C@H]1[C@H]2C(=O)N([C@@H](CO)Cc3ccccc3)C(C(=O)N(CC=C)c3ccc(OC)cc3)C23CC[C@]1(CC)O3. The third-order valence-corrected chi connectivity index (χ3v) is 9.33. The van der Waals surface area contributed by atoms with E-state index in [0.717, 1.165) is 5.56 Å². The van der Waals surface area contributed by atoms with Gasteiger partial charge in [0.05, 0.1) is 31.3 Å². The lowest BCUT2D eigenvalue weighted by atomic mass is 9.65. The molecule has 0 aliphatic carbocycles. The highest BCUT2D eigenvalue weighted by molar-refractivity contribution is 6.05. The molecule has 0 radical (unpaired) electrons. The molecule has 43 heavy (non-hydrogen) atoms. The number of rotatable bonds is 13. The van der Waals surface area contributed by atoms with Gasteiger partial charge in [-0.05, 0) is 55.5 Å². The van der Waals surface area contributed by atoms with Gasteiger partial charge in [0.15, 0.2) is 0 Å². The summed E-state index contributed by atoms with van der Waals surface area (Å²) in [4.78, 5) is 46.1. The minimum absolute atomic E-state index is 0.00691. The van der Waals surface area contributed by atoms with Gasteiger partial charge in [-0.25, -0.2) is 0 Å². The Bertz CT molecular complexity index is 1360. The number of methoxy groups -OCH3 is 1. The third kappa shape index (κ3) is 5.04. The number of amides is 2. The zero-order chi connectivity index (χ0) is 30.8. The zero-order valence-electron chi connectivity index (χ0n) is 24.8. The summed E-state index contributed by atoms with van der Waals surface area (Å²) in [6.07, 6.45) is 4.84. The normalized spacial score (nSPS) is 27.8. The van der Waals surface area contributed by atoms with Crippen LogP contribution in [0.15, 0.2) is 79.9 Å². The standard InChI is InChI=1S/C34H40N2O7/c1-5-19-35(24-13-15-26(41-4)16-14-24)31(39)29-34-18-17-33(7-3,43-34)28(32(40)42-20-6-2)27(34)30(38)36(29)25(22-37)21-23-11-9-8-10-12-23/h5-6,8-16,25,27-29,37H,1-2,7,17-22H2,3-4H3/t25-,27+,28-,29?,33+,34?/m1/s1. The van der Waals surface area contributed by atoms with Gasteiger partial charge in [-0.3, -0.25) is 14.4 Å². The smallest absolute Gasteiger partial charge is 0.313 e. The van der Waals surface area contributed by atoms with Crippen LogP contribution in [0.25, 0.3) is 0 Å². The Labute approximate surface area is 252 Å². The van der Waals surface area contributed by atoms with Crippen LogP contribution in [0.2, 0.25) is 0 Å². The molecule has 3 fully saturated rings. The number of fused-ring (bicyclic) bond motifs is 1. The number of aliphatic hydroxyl groups is 1. The highest BCUT2D eigenvalue weighted by Gasteiger charge is 2.79. The molecule has 5 rings (SSSR count). The summed E-state index contributed by atoms with van der Waals surface area (Å²) in [6, 6.07) is 14.8. The second-order valence-corrected chi connectivity index (χ2v) is 11.5. The number of carbonyl (C=O) groups excluding carboxylic acids is 3. The number of likely N-dealkylation sites (tertiary alicyclic amines) is 1. The van der Waals surface area contributed by atoms with Crippen molar-refractivity contribution < 1.29 is 33.7 Å². The molecule has 3 aliphatic rings. The Balaban J connectivity index is 1.63. The molecule has 2 bridgehead atoms. The first-order chi connectivity index (χ1) is 20.8. The molecule has 2 unspecified atom stereocenters. The summed E-state index contributed by atoms with van der Waals surface area (Å²) < 4.78 is 17.7. The van der Waals surface area contributed by atoms with E-state index in [1.54, 1.807) is 42.4 Å². The molecule has 0 aromatic heterocycles. The van der Waals surface area contributed by atoms with Gasteiger partial charge in [-0.1, -0.05) is 56.0 Å². The minimum Gasteiger partial charge on any atom is -0.497 e. The Morgan fingerprint density at radius 3 is 2.47 bits per heavy atom. The number of anilines is 1. The average Bonchev–Trinajstić information content (AvgIpc) is 3.65. The fourth-order valence-electron chi connectivity index (χ4n) is 7.42. The molecule has 1 N–H and O–H groups in total. The predicted octanol–water partition coefficient (Wildman–Crippen LogP) is 3.70. The van der Waals surface area contributed by atoms with Crippen LogP contribution in [-0.4, -0.2) is 77.9 Å². The summed E-state index contributed by atoms with van der Waals surface area (Å²) in [5.41, 5.74) is -0.690. The Kier molecular flexibility index (Phi) is 8.76. The fourth-order valence-corrected chi connectivity index (χ4v) is 7.42. The number of aliphatic hydroxyl groups excluding tert-OH is 1. The molecule has 2 aromatic rings. The van der Waals surface area contributed by atoms with E-state index in [2.05, 4.69) is 13.2 Å². The van der Waals surface area contributed by atoms with Crippen LogP contribution in [0.4, 0.5) is 5.69 Å². The van der Waals surface area contributed by atoms with Gasteiger partial charge >= 0.3 is 5.97 Å². The Hall–Kier alpha value is -3.95. The van der Waals surface area contributed by atoms with E-state index >= 15 is 0 Å². The first-order valence-corrected chi connectivity index (χ1v) is 14.8. The molecule has 3 heterocycles. The predicted molar refractivity (Wildman–Crippen MR) is 161 cm³/mol. The van der Waals surface area contributed by atoms with Crippen molar-refractivity contribution in [1.29, 1.82) is 0 Å². The maximum absolute atomic E-state index is 14.8. The number of benzene rings is 2. The van der Waals surface area contributed by atoms with Gasteiger partial charge in [-0.15, -0.1) is 6.58 Å². The van der Waals surface area contributed by atoms with Crippen molar-refractivity contribution in [1.82, 2.24) is 4.90 Å². The van der Waals surface area contributed by atoms with Gasteiger partial charge < -0.3 is 29.1 Å². The van der Waals surface area contributed by atoms with Gasteiger partial charge in [-0.2, -0.15) is 0 Å². The maximum atomic E-state index is 14.8. The summed E-state index contributed by atoms with van der Waals surface area (Å²) >= 11 is 0. The first-order valence-electron chi connectivity index (χ1n) is 14.8. The number of carbonyl (C=O) groups is 3. The largest absolute Gasteiger partial charge is 0.497 e. The van der Waals surface area contributed by atoms with Crippen LogP contribution in [0, 0.1) is 11.8 Å². The molecule has 2 amide bonds. The molecule has 1 spiro atoms. The number of hydrogen-bond donors (Lipinski definition) is 1. The van der Waals surface area contributed by atoms with Gasteiger partial charge in [0.25, 0.3) is 5.91 Å². The number of hydrogen-bond acceptors (Lipinski definition) is 7. The molecule has 9 heteroatoms.